The summed E-state index contributed by atoms with van der Waals surface area (Å²) in [7, 11) is 0. The van der Waals surface area contributed by atoms with Crippen LogP contribution in [0.4, 0.5) is 4.39 Å². The summed E-state index contributed by atoms with van der Waals surface area (Å²) in [6, 6.07) is 13.3. The minimum atomic E-state index is -0.401. The van der Waals surface area contributed by atoms with Crippen molar-refractivity contribution in [2.45, 2.75) is 19.4 Å². The van der Waals surface area contributed by atoms with Crippen molar-refractivity contribution in [1.82, 2.24) is 0 Å². The summed E-state index contributed by atoms with van der Waals surface area (Å²) in [6.07, 6.45) is 0.175. The van der Waals surface area contributed by atoms with E-state index < -0.39 is 5.82 Å². The Morgan fingerprint density at radius 1 is 1.21 bits per heavy atom. The fraction of sp³-hybridized carbons (Fsp3) is 0.188. The average Bonchev–Trinajstić information content (AvgIpc) is 2.42. The van der Waals surface area contributed by atoms with Gasteiger partial charge in [-0.2, -0.15) is 0 Å². The summed E-state index contributed by atoms with van der Waals surface area (Å²) in [6.45, 7) is 1.79. The second kappa shape index (κ2) is 5.76. The van der Waals surface area contributed by atoms with Crippen molar-refractivity contribution in [2.24, 2.45) is 5.73 Å². The van der Waals surface area contributed by atoms with Gasteiger partial charge in [0.05, 0.1) is 0 Å². The number of ketones is 1. The summed E-state index contributed by atoms with van der Waals surface area (Å²) in [5, 5.41) is 0. The Hall–Kier alpha value is -2.00. The molecule has 0 aliphatic carbocycles. The van der Waals surface area contributed by atoms with Crippen LogP contribution >= 0.6 is 0 Å². The second-order valence-corrected chi connectivity index (χ2v) is 4.60. The van der Waals surface area contributed by atoms with E-state index >= 15 is 0 Å². The van der Waals surface area contributed by atoms with E-state index in [0.717, 1.165) is 11.1 Å². The van der Waals surface area contributed by atoms with Crippen LogP contribution in [0.25, 0.3) is 0 Å². The molecule has 0 amide bonds. The zero-order valence-electron chi connectivity index (χ0n) is 10.8. The Balaban J connectivity index is 2.15. The van der Waals surface area contributed by atoms with E-state index in [9.17, 15) is 9.18 Å². The minimum Gasteiger partial charge on any atom is -0.324 e. The van der Waals surface area contributed by atoms with Crippen molar-refractivity contribution < 1.29 is 9.18 Å². The Morgan fingerprint density at radius 3 is 2.58 bits per heavy atom. The van der Waals surface area contributed by atoms with Gasteiger partial charge in [-0.25, -0.2) is 4.39 Å². The van der Waals surface area contributed by atoms with Crippen LogP contribution in [0.1, 0.15) is 33.9 Å². The fourth-order valence-corrected chi connectivity index (χ4v) is 2.02. The number of hydrogen-bond donors (Lipinski definition) is 1. The second-order valence-electron chi connectivity index (χ2n) is 4.60. The van der Waals surface area contributed by atoms with Crippen molar-refractivity contribution in [3.63, 3.8) is 0 Å². The zero-order chi connectivity index (χ0) is 13.8. The molecule has 19 heavy (non-hydrogen) atoms. The monoisotopic (exact) mass is 257 g/mol. The van der Waals surface area contributed by atoms with E-state index in [4.69, 9.17) is 5.73 Å². The third-order valence-electron chi connectivity index (χ3n) is 3.13. The molecule has 1 unspecified atom stereocenters. The lowest BCUT2D eigenvalue weighted by Gasteiger charge is -2.12. The predicted molar refractivity (Wildman–Crippen MR) is 73.5 cm³/mol. The van der Waals surface area contributed by atoms with E-state index in [-0.39, 0.29) is 18.2 Å². The van der Waals surface area contributed by atoms with Crippen LogP contribution in [0.2, 0.25) is 0 Å². The molecule has 3 heteroatoms. The standard InChI is InChI=1S/C16H16FNO/c1-11-7-8-13(17)9-14(11)16(19)10-15(18)12-5-3-2-4-6-12/h2-9,15H,10,18H2,1H3. The van der Waals surface area contributed by atoms with Crippen molar-refractivity contribution in [1.29, 1.82) is 0 Å². The van der Waals surface area contributed by atoms with E-state index in [1.165, 1.54) is 12.1 Å². The lowest BCUT2D eigenvalue weighted by molar-refractivity contribution is 0.0973. The highest BCUT2D eigenvalue weighted by Gasteiger charge is 2.15. The number of benzene rings is 2. The first-order chi connectivity index (χ1) is 9.08. The smallest absolute Gasteiger partial charge is 0.165 e. The normalized spacial score (nSPS) is 12.2. The van der Waals surface area contributed by atoms with Gasteiger partial charge in [-0.3, -0.25) is 4.79 Å². The number of aryl methyl sites for hydroxylation is 1. The van der Waals surface area contributed by atoms with Crippen LogP contribution in [0, 0.1) is 12.7 Å². The Labute approximate surface area is 112 Å². The number of Topliss-reactive ketones (excluding diaryl/α,β-unsaturated/α-hetero) is 1. The van der Waals surface area contributed by atoms with E-state index in [2.05, 4.69) is 0 Å². The average molecular weight is 257 g/mol. The van der Waals surface area contributed by atoms with Crippen LogP contribution in [0.15, 0.2) is 48.5 Å². The maximum atomic E-state index is 13.2. The van der Waals surface area contributed by atoms with Crippen LogP contribution in [0.5, 0.6) is 0 Å². The molecule has 0 aliphatic heterocycles. The quantitative estimate of drug-likeness (QED) is 0.853. The molecule has 2 aromatic rings. The molecule has 0 radical (unpaired) electrons. The third kappa shape index (κ3) is 3.26. The summed E-state index contributed by atoms with van der Waals surface area (Å²) in [5.74, 6) is -0.532. The van der Waals surface area contributed by atoms with Gasteiger partial charge >= 0.3 is 0 Å². The largest absolute Gasteiger partial charge is 0.324 e. The Kier molecular flexibility index (Phi) is 4.07. The number of carbonyl (C=O) groups excluding carboxylic acids is 1. The summed E-state index contributed by atoms with van der Waals surface area (Å²) >= 11 is 0. The molecule has 1 atom stereocenters. The van der Waals surface area contributed by atoms with Gasteiger partial charge in [0.2, 0.25) is 0 Å². The van der Waals surface area contributed by atoms with Crippen LogP contribution in [-0.2, 0) is 0 Å². The molecular formula is C16H16FNO. The van der Waals surface area contributed by atoms with Gasteiger partial charge in [-0.05, 0) is 30.2 Å². The molecule has 0 heterocycles. The summed E-state index contributed by atoms with van der Waals surface area (Å²) < 4.78 is 13.2. The van der Waals surface area contributed by atoms with E-state index in [1.807, 2.05) is 30.3 Å². The van der Waals surface area contributed by atoms with Gasteiger partial charge in [-0.15, -0.1) is 0 Å². The Morgan fingerprint density at radius 2 is 1.89 bits per heavy atom. The first-order valence-electron chi connectivity index (χ1n) is 6.18. The van der Waals surface area contributed by atoms with Crippen LogP contribution in [0.3, 0.4) is 0 Å². The molecule has 2 N–H and O–H groups in total. The van der Waals surface area contributed by atoms with Crippen molar-refractivity contribution in [3.05, 3.63) is 71.0 Å². The number of nitrogens with two attached hydrogens (primary N) is 1. The van der Waals surface area contributed by atoms with Gasteiger partial charge in [-0.1, -0.05) is 36.4 Å². The van der Waals surface area contributed by atoms with Gasteiger partial charge in [0.15, 0.2) is 5.78 Å². The molecule has 0 fully saturated rings. The molecule has 2 nitrogen and oxygen atoms in total. The van der Waals surface area contributed by atoms with Gasteiger partial charge in [0, 0.05) is 18.0 Å². The molecule has 98 valence electrons. The highest BCUT2D eigenvalue weighted by Crippen LogP contribution is 2.19. The third-order valence-corrected chi connectivity index (χ3v) is 3.13. The van der Waals surface area contributed by atoms with E-state index in [1.54, 1.807) is 13.0 Å². The van der Waals surface area contributed by atoms with Crippen molar-refractivity contribution in [2.75, 3.05) is 0 Å². The van der Waals surface area contributed by atoms with Gasteiger partial charge in [0.25, 0.3) is 0 Å². The van der Waals surface area contributed by atoms with Crippen molar-refractivity contribution in [3.8, 4) is 0 Å². The maximum absolute atomic E-state index is 13.2. The molecule has 0 aliphatic rings. The first-order valence-corrected chi connectivity index (χ1v) is 6.18. The molecule has 2 rings (SSSR count). The number of rotatable bonds is 4. The fourth-order valence-electron chi connectivity index (χ4n) is 2.02. The molecule has 0 saturated carbocycles. The SMILES string of the molecule is Cc1ccc(F)cc1C(=O)CC(N)c1ccccc1. The number of halogens is 1. The van der Waals surface area contributed by atoms with E-state index in [0.29, 0.717) is 5.56 Å². The maximum Gasteiger partial charge on any atom is 0.165 e. The Bertz CT molecular complexity index is 581. The first kappa shape index (κ1) is 13.4. The summed E-state index contributed by atoms with van der Waals surface area (Å²) in [5.41, 5.74) is 8.09. The predicted octanol–water partition coefficient (Wildman–Crippen LogP) is 3.41. The topological polar surface area (TPSA) is 43.1 Å². The summed E-state index contributed by atoms with van der Waals surface area (Å²) in [4.78, 5) is 12.2. The number of hydrogen-bond acceptors (Lipinski definition) is 2. The van der Waals surface area contributed by atoms with Crippen molar-refractivity contribution >= 4 is 5.78 Å². The minimum absolute atomic E-state index is 0.131. The van der Waals surface area contributed by atoms with Crippen LogP contribution < -0.4 is 5.73 Å². The molecule has 0 aromatic heterocycles. The lowest BCUT2D eigenvalue weighted by atomic mass is 9.96. The highest BCUT2D eigenvalue weighted by molar-refractivity contribution is 5.97. The molecule has 0 spiro atoms. The molecule has 2 aromatic carbocycles. The molecule has 0 saturated heterocycles. The number of carbonyl (C=O) groups is 1. The highest BCUT2D eigenvalue weighted by atomic mass is 19.1. The molecule has 0 bridgehead atoms. The lowest BCUT2D eigenvalue weighted by Crippen LogP contribution is -2.16. The zero-order valence-corrected chi connectivity index (χ0v) is 10.8. The molecular weight excluding hydrogens is 241 g/mol. The van der Waals surface area contributed by atoms with Gasteiger partial charge in [0.1, 0.15) is 5.82 Å². The van der Waals surface area contributed by atoms with Gasteiger partial charge < -0.3 is 5.73 Å². The van der Waals surface area contributed by atoms with Crippen LogP contribution in [-0.4, -0.2) is 5.78 Å².